The van der Waals surface area contributed by atoms with Crippen molar-refractivity contribution >= 4 is 17.5 Å². The van der Waals surface area contributed by atoms with Crippen LogP contribution >= 0.6 is 11.6 Å². The molecule has 1 aromatic carbocycles. The first-order valence-corrected chi connectivity index (χ1v) is 8.82. The minimum atomic E-state index is 0.0544. The molecule has 1 aromatic rings. The molecule has 3 nitrogen and oxygen atoms in total. The summed E-state index contributed by atoms with van der Waals surface area (Å²) in [4.78, 5) is 14.5. The molecule has 1 N–H and O–H groups in total. The van der Waals surface area contributed by atoms with E-state index in [9.17, 15) is 4.79 Å². The number of halogens is 1. The second-order valence-electron chi connectivity index (χ2n) is 6.07. The third kappa shape index (κ3) is 5.29. The minimum Gasteiger partial charge on any atom is -0.356 e. The zero-order valence-electron chi connectivity index (χ0n) is 13.5. The first-order valence-electron chi connectivity index (χ1n) is 8.45. The lowest BCUT2D eigenvalue weighted by molar-refractivity contribution is -0.120. The molecular formula is C18H27ClN2O. The van der Waals surface area contributed by atoms with Crippen molar-refractivity contribution in [1.29, 1.82) is 0 Å². The van der Waals surface area contributed by atoms with Gasteiger partial charge >= 0.3 is 0 Å². The quantitative estimate of drug-likeness (QED) is 0.777. The lowest BCUT2D eigenvalue weighted by Crippen LogP contribution is -2.40. The first kappa shape index (κ1) is 17.3. The van der Waals surface area contributed by atoms with Crippen LogP contribution in [0.15, 0.2) is 24.3 Å². The summed E-state index contributed by atoms with van der Waals surface area (Å²) in [6.07, 6.45) is 6.62. The first-order chi connectivity index (χ1) is 10.7. The van der Waals surface area contributed by atoms with E-state index in [2.05, 4.69) is 17.1 Å². The molecule has 22 heavy (non-hydrogen) atoms. The van der Waals surface area contributed by atoms with Crippen LogP contribution in [0.2, 0.25) is 5.02 Å². The molecule has 2 rings (SSSR count). The number of nitrogens with zero attached hydrogens (tertiary/aromatic N) is 1. The number of piperidine rings is 1. The molecule has 4 heteroatoms. The highest BCUT2D eigenvalue weighted by atomic mass is 35.5. The summed E-state index contributed by atoms with van der Waals surface area (Å²) in [7, 11) is 0. The lowest BCUT2D eigenvalue weighted by atomic mass is 10.00. The van der Waals surface area contributed by atoms with E-state index in [1.807, 2.05) is 24.3 Å². The molecule has 1 aliphatic rings. The van der Waals surface area contributed by atoms with E-state index in [4.69, 9.17) is 11.6 Å². The molecule has 1 saturated heterocycles. The van der Waals surface area contributed by atoms with Gasteiger partial charge < -0.3 is 10.2 Å². The fourth-order valence-electron chi connectivity index (χ4n) is 3.20. The standard InChI is InChI=1S/C18H27ClN2O/c1-2-16-9-5-6-12-21(16)13-7-11-20-18(22)14-15-8-3-4-10-17(15)19/h3-4,8,10,16H,2,5-7,9,11-14H2,1H3,(H,20,22)/t16-/m0/s1. The highest BCUT2D eigenvalue weighted by Crippen LogP contribution is 2.19. The van der Waals surface area contributed by atoms with Gasteiger partial charge in [-0.1, -0.05) is 43.1 Å². The van der Waals surface area contributed by atoms with E-state index >= 15 is 0 Å². The Hall–Kier alpha value is -1.06. The third-order valence-electron chi connectivity index (χ3n) is 4.47. The SMILES string of the molecule is CC[C@H]1CCCCN1CCCNC(=O)Cc1ccccc1Cl. The van der Waals surface area contributed by atoms with Gasteiger partial charge in [-0.25, -0.2) is 0 Å². The van der Waals surface area contributed by atoms with Crippen molar-refractivity contribution in [3.8, 4) is 0 Å². The average Bonchev–Trinajstić information content (AvgIpc) is 2.54. The molecular weight excluding hydrogens is 296 g/mol. The van der Waals surface area contributed by atoms with Gasteiger partial charge in [0, 0.05) is 24.2 Å². The zero-order chi connectivity index (χ0) is 15.8. The highest BCUT2D eigenvalue weighted by molar-refractivity contribution is 6.31. The summed E-state index contributed by atoms with van der Waals surface area (Å²) >= 11 is 6.08. The van der Waals surface area contributed by atoms with Crippen LogP contribution in [-0.4, -0.2) is 36.5 Å². The number of hydrogen-bond acceptors (Lipinski definition) is 2. The molecule has 0 radical (unpaired) electrons. The van der Waals surface area contributed by atoms with E-state index < -0.39 is 0 Å². The predicted octanol–water partition coefficient (Wildman–Crippen LogP) is 3.65. The van der Waals surface area contributed by atoms with Crippen LogP contribution in [0, 0.1) is 0 Å². The van der Waals surface area contributed by atoms with Crippen LogP contribution in [0.1, 0.15) is 44.6 Å². The number of carbonyl (C=O) groups is 1. The van der Waals surface area contributed by atoms with Gasteiger partial charge in [-0.3, -0.25) is 4.79 Å². The van der Waals surface area contributed by atoms with Crippen LogP contribution in [0.4, 0.5) is 0 Å². The Morgan fingerprint density at radius 3 is 2.95 bits per heavy atom. The van der Waals surface area contributed by atoms with Crippen LogP contribution < -0.4 is 5.32 Å². The number of rotatable bonds is 7. The summed E-state index contributed by atoms with van der Waals surface area (Å²) in [5, 5.41) is 3.67. The van der Waals surface area contributed by atoms with Crippen molar-refractivity contribution in [2.24, 2.45) is 0 Å². The number of likely N-dealkylation sites (tertiary alicyclic amines) is 1. The van der Waals surface area contributed by atoms with Crippen molar-refractivity contribution < 1.29 is 4.79 Å². The monoisotopic (exact) mass is 322 g/mol. The zero-order valence-corrected chi connectivity index (χ0v) is 14.2. The number of nitrogens with one attached hydrogen (secondary N) is 1. The van der Waals surface area contributed by atoms with E-state index in [1.54, 1.807) is 0 Å². The van der Waals surface area contributed by atoms with Crippen LogP contribution in [-0.2, 0) is 11.2 Å². The molecule has 122 valence electrons. The van der Waals surface area contributed by atoms with E-state index in [-0.39, 0.29) is 5.91 Å². The smallest absolute Gasteiger partial charge is 0.224 e. The highest BCUT2D eigenvalue weighted by Gasteiger charge is 2.19. The number of amides is 1. The molecule has 0 aliphatic carbocycles. The van der Waals surface area contributed by atoms with Crippen molar-refractivity contribution in [3.05, 3.63) is 34.9 Å². The largest absolute Gasteiger partial charge is 0.356 e. The summed E-state index contributed by atoms with van der Waals surface area (Å²) in [5.41, 5.74) is 0.892. The lowest BCUT2D eigenvalue weighted by Gasteiger charge is -2.35. The van der Waals surface area contributed by atoms with Gasteiger partial charge in [0.1, 0.15) is 0 Å². The van der Waals surface area contributed by atoms with Gasteiger partial charge in [-0.15, -0.1) is 0 Å². The summed E-state index contributed by atoms with van der Waals surface area (Å²) in [5.74, 6) is 0.0544. The summed E-state index contributed by atoms with van der Waals surface area (Å²) in [6.45, 7) is 5.32. The Balaban J connectivity index is 1.66. The van der Waals surface area contributed by atoms with Gasteiger partial charge in [-0.2, -0.15) is 0 Å². The molecule has 1 fully saturated rings. The van der Waals surface area contributed by atoms with Crippen molar-refractivity contribution in [3.63, 3.8) is 0 Å². The predicted molar refractivity (Wildman–Crippen MR) is 92.3 cm³/mol. The normalized spacial score (nSPS) is 19.1. The van der Waals surface area contributed by atoms with Crippen molar-refractivity contribution in [1.82, 2.24) is 10.2 Å². The third-order valence-corrected chi connectivity index (χ3v) is 4.84. The van der Waals surface area contributed by atoms with Gasteiger partial charge in [-0.05, 0) is 43.9 Å². The van der Waals surface area contributed by atoms with Crippen LogP contribution in [0.25, 0.3) is 0 Å². The second kappa shape index (κ2) is 9.16. The average molecular weight is 323 g/mol. The maximum Gasteiger partial charge on any atom is 0.224 e. The Bertz CT molecular complexity index is 478. The topological polar surface area (TPSA) is 32.3 Å². The fraction of sp³-hybridized carbons (Fsp3) is 0.611. The van der Waals surface area contributed by atoms with Crippen molar-refractivity contribution in [2.45, 2.75) is 51.5 Å². The molecule has 0 unspecified atom stereocenters. The van der Waals surface area contributed by atoms with Crippen LogP contribution in [0.3, 0.4) is 0 Å². The van der Waals surface area contributed by atoms with Crippen molar-refractivity contribution in [2.75, 3.05) is 19.6 Å². The Labute approximate surface area is 139 Å². The molecule has 1 aliphatic heterocycles. The Morgan fingerprint density at radius 2 is 2.18 bits per heavy atom. The maximum atomic E-state index is 12.0. The molecule has 1 amide bonds. The Morgan fingerprint density at radius 1 is 1.36 bits per heavy atom. The van der Waals surface area contributed by atoms with Crippen LogP contribution in [0.5, 0.6) is 0 Å². The fourth-order valence-corrected chi connectivity index (χ4v) is 3.41. The molecule has 0 aromatic heterocycles. The van der Waals surface area contributed by atoms with E-state index in [0.29, 0.717) is 11.4 Å². The van der Waals surface area contributed by atoms with Gasteiger partial charge in [0.25, 0.3) is 0 Å². The second-order valence-corrected chi connectivity index (χ2v) is 6.47. The molecule has 0 spiro atoms. The minimum absolute atomic E-state index is 0.0544. The molecule has 1 atom stereocenters. The van der Waals surface area contributed by atoms with Gasteiger partial charge in [0.15, 0.2) is 0 Å². The van der Waals surface area contributed by atoms with E-state index in [0.717, 1.165) is 31.1 Å². The number of carbonyl (C=O) groups excluding carboxylic acids is 1. The molecule has 0 saturated carbocycles. The molecule has 1 heterocycles. The number of benzene rings is 1. The van der Waals surface area contributed by atoms with Gasteiger partial charge in [0.05, 0.1) is 6.42 Å². The summed E-state index contributed by atoms with van der Waals surface area (Å²) < 4.78 is 0. The summed E-state index contributed by atoms with van der Waals surface area (Å²) in [6, 6.07) is 8.27. The van der Waals surface area contributed by atoms with E-state index in [1.165, 1.54) is 32.2 Å². The molecule has 0 bridgehead atoms. The number of hydrogen-bond donors (Lipinski definition) is 1. The van der Waals surface area contributed by atoms with Gasteiger partial charge in [0.2, 0.25) is 5.91 Å². The maximum absolute atomic E-state index is 12.0. The Kier molecular flexibility index (Phi) is 7.20.